The number of halogens is 1. The minimum absolute atomic E-state index is 0.231. The first-order valence-electron chi connectivity index (χ1n) is 7.52. The van der Waals surface area contributed by atoms with E-state index in [1.807, 2.05) is 19.1 Å². The van der Waals surface area contributed by atoms with E-state index in [0.29, 0.717) is 11.3 Å². The van der Waals surface area contributed by atoms with Gasteiger partial charge in [-0.15, -0.1) is 0 Å². The quantitative estimate of drug-likeness (QED) is 0.735. The van der Waals surface area contributed by atoms with Gasteiger partial charge in [0, 0.05) is 29.8 Å². The number of amides is 1. The number of anilines is 1. The fourth-order valence-electron chi connectivity index (χ4n) is 2.33. The second kappa shape index (κ2) is 7.00. The van der Waals surface area contributed by atoms with Crippen LogP contribution in [0.4, 0.5) is 10.1 Å². The summed E-state index contributed by atoms with van der Waals surface area (Å²) in [5.74, 6) is -0.623. The molecule has 0 N–H and O–H groups in total. The Hall–Kier alpha value is -3.08. The van der Waals surface area contributed by atoms with Gasteiger partial charge in [0.15, 0.2) is 0 Å². The maximum absolute atomic E-state index is 13.6. The molecule has 24 heavy (non-hydrogen) atoms. The van der Waals surface area contributed by atoms with Crippen molar-refractivity contribution in [3.05, 3.63) is 89.8 Å². The first-order chi connectivity index (χ1) is 11.6. The molecule has 0 aliphatic rings. The summed E-state index contributed by atoms with van der Waals surface area (Å²) in [5.41, 5.74) is 2.74. The van der Waals surface area contributed by atoms with E-state index in [1.54, 1.807) is 42.9 Å². The van der Waals surface area contributed by atoms with Crippen LogP contribution in [0, 0.1) is 12.7 Å². The number of carbonyl (C=O) groups is 1. The van der Waals surface area contributed by atoms with Crippen LogP contribution in [0.5, 0.6) is 0 Å². The van der Waals surface area contributed by atoms with Crippen LogP contribution in [0.15, 0.2) is 67.1 Å². The second-order valence-corrected chi connectivity index (χ2v) is 5.43. The van der Waals surface area contributed by atoms with Crippen molar-refractivity contribution < 1.29 is 9.18 Å². The number of carbonyl (C=O) groups excluding carboxylic acids is 1. The summed E-state index contributed by atoms with van der Waals surface area (Å²) < 4.78 is 13.6. The number of hydrogen-bond donors (Lipinski definition) is 0. The summed E-state index contributed by atoms with van der Waals surface area (Å²) >= 11 is 0. The van der Waals surface area contributed by atoms with Crippen molar-refractivity contribution in [1.29, 1.82) is 0 Å². The fourth-order valence-corrected chi connectivity index (χ4v) is 2.33. The smallest absolute Gasteiger partial charge is 0.258 e. The summed E-state index contributed by atoms with van der Waals surface area (Å²) in [6.45, 7) is 2.20. The lowest BCUT2D eigenvalue weighted by atomic mass is 10.2. The molecule has 4 nitrogen and oxygen atoms in total. The lowest BCUT2D eigenvalue weighted by Gasteiger charge is -2.23. The van der Waals surface area contributed by atoms with E-state index < -0.39 is 5.82 Å². The van der Waals surface area contributed by atoms with Crippen molar-refractivity contribution in [2.24, 2.45) is 0 Å². The zero-order chi connectivity index (χ0) is 16.9. The largest absolute Gasteiger partial charge is 0.302 e. The molecular weight excluding hydrogens is 305 g/mol. The maximum atomic E-state index is 13.6. The molecular formula is C19H16FN3O. The lowest BCUT2D eigenvalue weighted by molar-refractivity contribution is 0.0984. The van der Waals surface area contributed by atoms with E-state index >= 15 is 0 Å². The molecule has 0 spiro atoms. The Morgan fingerprint density at radius 2 is 1.92 bits per heavy atom. The fraction of sp³-hybridized carbons (Fsp3) is 0.105. The van der Waals surface area contributed by atoms with Crippen LogP contribution in [0.1, 0.15) is 21.6 Å². The summed E-state index contributed by atoms with van der Waals surface area (Å²) in [4.78, 5) is 22.7. The van der Waals surface area contributed by atoms with E-state index in [4.69, 9.17) is 0 Å². The third-order valence-corrected chi connectivity index (χ3v) is 3.59. The van der Waals surface area contributed by atoms with E-state index in [9.17, 15) is 9.18 Å². The third kappa shape index (κ3) is 3.63. The molecule has 0 radical (unpaired) electrons. The second-order valence-electron chi connectivity index (χ2n) is 5.43. The Kier molecular flexibility index (Phi) is 4.61. The van der Waals surface area contributed by atoms with Gasteiger partial charge in [-0.3, -0.25) is 14.8 Å². The van der Waals surface area contributed by atoms with Crippen LogP contribution in [0.2, 0.25) is 0 Å². The van der Waals surface area contributed by atoms with Gasteiger partial charge in [-0.05, 0) is 48.9 Å². The number of aryl methyl sites for hydroxylation is 1. The van der Waals surface area contributed by atoms with Gasteiger partial charge < -0.3 is 4.90 Å². The highest BCUT2D eigenvalue weighted by Gasteiger charge is 2.19. The zero-order valence-electron chi connectivity index (χ0n) is 13.2. The molecule has 0 saturated heterocycles. The first kappa shape index (κ1) is 15.8. The van der Waals surface area contributed by atoms with Crippen LogP contribution in [0.25, 0.3) is 0 Å². The number of hydrogen-bond acceptors (Lipinski definition) is 3. The summed E-state index contributed by atoms with van der Waals surface area (Å²) in [6.07, 6.45) is 4.86. The van der Waals surface area contributed by atoms with Crippen LogP contribution < -0.4 is 4.90 Å². The molecule has 0 bridgehead atoms. The van der Waals surface area contributed by atoms with Crippen molar-refractivity contribution in [2.45, 2.75) is 13.5 Å². The monoisotopic (exact) mass is 321 g/mol. The molecule has 2 heterocycles. The van der Waals surface area contributed by atoms with Gasteiger partial charge in [0.05, 0.1) is 12.2 Å². The van der Waals surface area contributed by atoms with Crippen molar-refractivity contribution in [1.82, 2.24) is 9.97 Å². The van der Waals surface area contributed by atoms with Crippen molar-refractivity contribution in [2.75, 3.05) is 4.90 Å². The predicted molar refractivity (Wildman–Crippen MR) is 90.1 cm³/mol. The summed E-state index contributed by atoms with van der Waals surface area (Å²) in [7, 11) is 0. The standard InChI is InChI=1S/C19H16FN3O/c1-14-5-6-17(22-12-14)13-23(18-4-2-3-16(20)11-18)19(24)15-7-9-21-10-8-15/h2-12H,13H2,1H3. The van der Waals surface area contributed by atoms with Gasteiger partial charge >= 0.3 is 0 Å². The normalized spacial score (nSPS) is 10.4. The first-order valence-corrected chi connectivity index (χ1v) is 7.52. The maximum Gasteiger partial charge on any atom is 0.258 e. The number of aromatic nitrogens is 2. The number of benzene rings is 1. The molecule has 1 amide bonds. The lowest BCUT2D eigenvalue weighted by Crippen LogP contribution is -2.30. The summed E-state index contributed by atoms with van der Waals surface area (Å²) in [5, 5.41) is 0. The van der Waals surface area contributed by atoms with E-state index in [-0.39, 0.29) is 12.5 Å². The Balaban J connectivity index is 1.97. The molecule has 120 valence electrons. The highest BCUT2D eigenvalue weighted by Crippen LogP contribution is 2.20. The molecule has 0 saturated carbocycles. The highest BCUT2D eigenvalue weighted by molar-refractivity contribution is 6.05. The van der Waals surface area contributed by atoms with E-state index in [2.05, 4.69) is 9.97 Å². The van der Waals surface area contributed by atoms with Gasteiger partial charge in [0.25, 0.3) is 5.91 Å². The van der Waals surface area contributed by atoms with Crippen molar-refractivity contribution in [3.8, 4) is 0 Å². The molecule has 0 unspecified atom stereocenters. The average molecular weight is 321 g/mol. The molecule has 0 aliphatic carbocycles. The molecule has 0 atom stereocenters. The number of pyridine rings is 2. The summed E-state index contributed by atoms with van der Waals surface area (Å²) in [6, 6.07) is 13.0. The topological polar surface area (TPSA) is 46.1 Å². The molecule has 3 aromatic rings. The van der Waals surface area contributed by atoms with Gasteiger partial charge in [-0.2, -0.15) is 0 Å². The van der Waals surface area contributed by atoms with Crippen LogP contribution in [0.3, 0.4) is 0 Å². The molecule has 3 rings (SSSR count). The van der Waals surface area contributed by atoms with Gasteiger partial charge in [-0.1, -0.05) is 12.1 Å². The highest BCUT2D eigenvalue weighted by atomic mass is 19.1. The number of nitrogens with zero attached hydrogens (tertiary/aromatic N) is 3. The molecule has 5 heteroatoms. The van der Waals surface area contributed by atoms with Gasteiger partial charge in [-0.25, -0.2) is 4.39 Å². The number of rotatable bonds is 4. The molecule has 2 aromatic heterocycles. The third-order valence-electron chi connectivity index (χ3n) is 3.59. The molecule has 0 aliphatic heterocycles. The average Bonchev–Trinajstić information content (AvgIpc) is 2.61. The Bertz CT molecular complexity index is 835. The van der Waals surface area contributed by atoms with E-state index in [0.717, 1.165) is 11.3 Å². The van der Waals surface area contributed by atoms with Gasteiger partial charge in [0.2, 0.25) is 0 Å². The van der Waals surface area contributed by atoms with Crippen LogP contribution >= 0.6 is 0 Å². The van der Waals surface area contributed by atoms with Crippen LogP contribution in [-0.4, -0.2) is 15.9 Å². The Labute approximate surface area is 139 Å². The minimum atomic E-state index is -0.392. The Morgan fingerprint density at radius 3 is 2.58 bits per heavy atom. The SMILES string of the molecule is Cc1ccc(CN(C(=O)c2ccncc2)c2cccc(F)c2)nc1. The molecule has 0 fully saturated rings. The minimum Gasteiger partial charge on any atom is -0.302 e. The molecule has 1 aromatic carbocycles. The van der Waals surface area contributed by atoms with E-state index in [1.165, 1.54) is 17.0 Å². The van der Waals surface area contributed by atoms with Gasteiger partial charge in [0.1, 0.15) is 5.82 Å². The van der Waals surface area contributed by atoms with Crippen molar-refractivity contribution in [3.63, 3.8) is 0 Å². The zero-order valence-corrected chi connectivity index (χ0v) is 13.2. The van der Waals surface area contributed by atoms with Crippen molar-refractivity contribution >= 4 is 11.6 Å². The predicted octanol–water partition coefficient (Wildman–Crippen LogP) is 3.77. The Morgan fingerprint density at radius 1 is 1.12 bits per heavy atom. The van der Waals surface area contributed by atoms with Crippen LogP contribution in [-0.2, 0) is 6.54 Å².